The van der Waals surface area contributed by atoms with Crippen LogP contribution in [0.5, 0.6) is 0 Å². The highest BCUT2D eigenvalue weighted by Crippen LogP contribution is 1.99. The fraction of sp³-hybridized carbons (Fsp3) is 0.286. The number of hydrogen-bond acceptors (Lipinski definition) is 4. The Morgan fingerprint density at radius 2 is 2.50 bits per heavy atom. The molecule has 1 N–H and O–H groups in total. The SMILES string of the molecule is C1=CSNC1.Cn1sccc1=O. The van der Waals surface area contributed by atoms with Crippen LogP contribution < -0.4 is 10.3 Å². The summed E-state index contributed by atoms with van der Waals surface area (Å²) >= 11 is 3.05. The van der Waals surface area contributed by atoms with E-state index < -0.39 is 0 Å². The smallest absolute Gasteiger partial charge is 0.260 e. The summed E-state index contributed by atoms with van der Waals surface area (Å²) in [6, 6.07) is 1.55. The second-order valence-electron chi connectivity index (χ2n) is 2.08. The number of aromatic nitrogens is 1. The molecule has 2 heterocycles. The molecule has 0 saturated carbocycles. The van der Waals surface area contributed by atoms with Crippen LogP contribution in [0.1, 0.15) is 0 Å². The molecule has 12 heavy (non-hydrogen) atoms. The van der Waals surface area contributed by atoms with E-state index >= 15 is 0 Å². The zero-order valence-corrected chi connectivity index (χ0v) is 8.32. The highest BCUT2D eigenvalue weighted by molar-refractivity contribution is 8.00. The molecule has 0 bridgehead atoms. The van der Waals surface area contributed by atoms with Crippen molar-refractivity contribution < 1.29 is 0 Å². The maximum atomic E-state index is 10.4. The minimum atomic E-state index is 0.0741. The van der Waals surface area contributed by atoms with Crippen molar-refractivity contribution in [2.24, 2.45) is 7.05 Å². The van der Waals surface area contributed by atoms with Crippen molar-refractivity contribution in [3.05, 3.63) is 33.3 Å². The second kappa shape index (κ2) is 5.18. The van der Waals surface area contributed by atoms with Crippen LogP contribution in [0.25, 0.3) is 0 Å². The lowest BCUT2D eigenvalue weighted by molar-refractivity contribution is 0.981. The van der Waals surface area contributed by atoms with Gasteiger partial charge in [0.15, 0.2) is 0 Å². The highest BCUT2D eigenvalue weighted by Gasteiger charge is 1.83. The minimum absolute atomic E-state index is 0.0741. The standard InChI is InChI=1S/C4H5NOS.C3H5NS/c1-5-4(6)2-3-7-5;1-2-4-5-3-1/h2-3H,1H3;1,3-4H,2H2. The Kier molecular flexibility index (Phi) is 4.13. The molecule has 2 rings (SSSR count). The van der Waals surface area contributed by atoms with Gasteiger partial charge in [0.05, 0.1) is 0 Å². The van der Waals surface area contributed by atoms with Crippen molar-refractivity contribution in [2.75, 3.05) is 6.54 Å². The molecule has 1 aliphatic heterocycles. The largest absolute Gasteiger partial charge is 0.268 e. The molecule has 5 heteroatoms. The number of aryl methyl sites for hydroxylation is 1. The molecule has 0 saturated heterocycles. The van der Waals surface area contributed by atoms with Gasteiger partial charge in [0.1, 0.15) is 0 Å². The maximum absolute atomic E-state index is 10.4. The van der Waals surface area contributed by atoms with Crippen molar-refractivity contribution in [2.45, 2.75) is 0 Å². The van der Waals surface area contributed by atoms with Gasteiger partial charge in [-0.15, -0.1) is 0 Å². The Bertz CT molecular complexity index is 296. The lowest BCUT2D eigenvalue weighted by Gasteiger charge is -1.76. The average molecular weight is 202 g/mol. The molecule has 66 valence electrons. The molecule has 0 aromatic carbocycles. The van der Waals surface area contributed by atoms with Gasteiger partial charge in [-0.25, -0.2) is 0 Å². The van der Waals surface area contributed by atoms with Gasteiger partial charge in [-0.3, -0.25) is 13.5 Å². The first-order valence-corrected chi connectivity index (χ1v) is 5.17. The van der Waals surface area contributed by atoms with Crippen molar-refractivity contribution >= 4 is 23.5 Å². The van der Waals surface area contributed by atoms with Crippen LogP contribution in [0.4, 0.5) is 0 Å². The number of hydrogen-bond donors (Lipinski definition) is 1. The van der Waals surface area contributed by atoms with Gasteiger partial charge in [-0.05, 0) is 5.41 Å². The third-order valence-corrected chi connectivity index (χ3v) is 2.60. The van der Waals surface area contributed by atoms with Crippen molar-refractivity contribution in [1.82, 2.24) is 8.68 Å². The topological polar surface area (TPSA) is 34.0 Å². The van der Waals surface area contributed by atoms with Crippen molar-refractivity contribution in [1.29, 1.82) is 0 Å². The molecule has 3 nitrogen and oxygen atoms in total. The first kappa shape index (κ1) is 9.57. The van der Waals surface area contributed by atoms with E-state index in [1.807, 2.05) is 5.41 Å². The van der Waals surface area contributed by atoms with Crippen LogP contribution in [-0.4, -0.2) is 10.5 Å². The van der Waals surface area contributed by atoms with Gasteiger partial charge in [-0.2, -0.15) is 0 Å². The molecular formula is C7H10N2OS2. The molecule has 0 spiro atoms. The molecule has 0 unspecified atom stereocenters. The Labute approximate surface area is 79.4 Å². The first-order valence-electron chi connectivity index (χ1n) is 3.45. The molecule has 0 radical (unpaired) electrons. The third-order valence-electron chi connectivity index (χ3n) is 1.19. The summed E-state index contributed by atoms with van der Waals surface area (Å²) in [6.45, 7) is 1.03. The summed E-state index contributed by atoms with van der Waals surface area (Å²) in [6.07, 6.45) is 2.09. The van der Waals surface area contributed by atoms with Gasteiger partial charge in [0, 0.05) is 25.0 Å². The second-order valence-corrected chi connectivity index (χ2v) is 3.91. The lowest BCUT2D eigenvalue weighted by atomic mass is 10.7. The van der Waals surface area contributed by atoms with Crippen LogP contribution in [0.15, 0.2) is 27.7 Å². The molecule has 0 aliphatic carbocycles. The van der Waals surface area contributed by atoms with Crippen LogP contribution in [-0.2, 0) is 7.05 Å². The predicted octanol–water partition coefficient (Wildman–Crippen LogP) is 1.20. The normalized spacial score (nSPS) is 14.1. The highest BCUT2D eigenvalue weighted by atomic mass is 32.2. The fourth-order valence-corrected chi connectivity index (χ4v) is 1.58. The van der Waals surface area contributed by atoms with Crippen LogP contribution >= 0.6 is 23.5 Å². The summed E-state index contributed by atoms with van der Waals surface area (Å²) in [5, 5.41) is 3.81. The molecule has 1 aromatic heterocycles. The molecule has 0 atom stereocenters. The third kappa shape index (κ3) is 3.25. The Balaban J connectivity index is 0.000000127. The van der Waals surface area contributed by atoms with E-state index in [0.717, 1.165) is 6.54 Å². The zero-order chi connectivity index (χ0) is 8.81. The summed E-state index contributed by atoms with van der Waals surface area (Å²) in [4.78, 5) is 10.4. The Hall–Kier alpha value is -0.520. The first-order chi connectivity index (χ1) is 5.80. The molecule has 1 aliphatic rings. The van der Waals surface area contributed by atoms with Crippen LogP contribution in [0.2, 0.25) is 0 Å². The summed E-state index contributed by atoms with van der Waals surface area (Å²) in [5.74, 6) is 0. The molecule has 0 amide bonds. The summed E-state index contributed by atoms with van der Waals surface area (Å²) in [5.41, 5.74) is 0.0741. The zero-order valence-electron chi connectivity index (χ0n) is 6.69. The van der Waals surface area contributed by atoms with E-state index in [1.54, 1.807) is 34.4 Å². The van der Waals surface area contributed by atoms with Gasteiger partial charge in [0.2, 0.25) is 0 Å². The van der Waals surface area contributed by atoms with Crippen LogP contribution in [0, 0.1) is 0 Å². The fourth-order valence-electron chi connectivity index (χ4n) is 0.577. The number of nitrogens with one attached hydrogen (secondary N) is 1. The minimum Gasteiger partial charge on any atom is -0.268 e. The van der Waals surface area contributed by atoms with E-state index in [2.05, 4.69) is 10.8 Å². The van der Waals surface area contributed by atoms with E-state index in [0.29, 0.717) is 0 Å². The maximum Gasteiger partial charge on any atom is 0.260 e. The lowest BCUT2D eigenvalue weighted by Crippen LogP contribution is -2.05. The Morgan fingerprint density at radius 3 is 2.67 bits per heavy atom. The summed E-state index contributed by atoms with van der Waals surface area (Å²) < 4.78 is 4.60. The van der Waals surface area contributed by atoms with E-state index in [4.69, 9.17) is 0 Å². The van der Waals surface area contributed by atoms with Crippen LogP contribution in [0.3, 0.4) is 0 Å². The van der Waals surface area contributed by atoms with Gasteiger partial charge in [0.25, 0.3) is 5.56 Å². The quantitative estimate of drug-likeness (QED) is 0.642. The van der Waals surface area contributed by atoms with E-state index in [9.17, 15) is 4.79 Å². The Morgan fingerprint density at radius 1 is 1.67 bits per heavy atom. The summed E-state index contributed by atoms with van der Waals surface area (Å²) in [7, 11) is 1.74. The van der Waals surface area contributed by atoms with Gasteiger partial charge < -0.3 is 0 Å². The van der Waals surface area contributed by atoms with Gasteiger partial charge >= 0.3 is 0 Å². The van der Waals surface area contributed by atoms with Gasteiger partial charge in [-0.1, -0.05) is 29.6 Å². The van der Waals surface area contributed by atoms with E-state index in [-0.39, 0.29) is 5.56 Å². The average Bonchev–Trinajstić information content (AvgIpc) is 2.67. The van der Waals surface area contributed by atoms with Crippen molar-refractivity contribution in [3.63, 3.8) is 0 Å². The molecular weight excluding hydrogens is 192 g/mol. The van der Waals surface area contributed by atoms with E-state index in [1.165, 1.54) is 11.5 Å². The monoisotopic (exact) mass is 202 g/mol. The molecule has 0 fully saturated rings. The number of nitrogens with zero attached hydrogens (tertiary/aromatic N) is 1. The van der Waals surface area contributed by atoms with Crippen molar-refractivity contribution in [3.8, 4) is 0 Å². The predicted molar refractivity (Wildman–Crippen MR) is 54.3 cm³/mol. The number of rotatable bonds is 0. The molecule has 1 aromatic rings.